The summed E-state index contributed by atoms with van der Waals surface area (Å²) in [7, 11) is 0. The maximum atomic E-state index is 12.5. The number of aryl methyl sites for hydroxylation is 1. The molecule has 2 rings (SSSR count). The maximum Gasteiger partial charge on any atom is 0.310 e. The van der Waals surface area contributed by atoms with Gasteiger partial charge < -0.3 is 9.64 Å². The summed E-state index contributed by atoms with van der Waals surface area (Å²) in [4.78, 5) is 38.3. The zero-order chi connectivity index (χ0) is 18.6. The lowest BCUT2D eigenvalue weighted by molar-refractivity contribution is -0.151. The lowest BCUT2D eigenvalue weighted by atomic mass is 9.98. The van der Waals surface area contributed by atoms with Gasteiger partial charge in [0.25, 0.3) is 5.56 Å². The third-order valence-electron chi connectivity index (χ3n) is 4.43. The number of carbonyl (C=O) groups is 2. The number of hydrogen-bond donors (Lipinski definition) is 0. The van der Waals surface area contributed by atoms with E-state index >= 15 is 0 Å². The summed E-state index contributed by atoms with van der Waals surface area (Å²) in [5.41, 5.74) is 0.491. The number of carbonyl (C=O) groups excluding carboxylic acids is 2. The predicted molar refractivity (Wildman–Crippen MR) is 88.6 cm³/mol. The Hall–Kier alpha value is -2.69. The Morgan fingerprint density at radius 1 is 1.40 bits per heavy atom. The molecule has 0 aromatic carbocycles. The van der Waals surface area contributed by atoms with Gasteiger partial charge in [-0.25, -0.2) is 4.68 Å². The van der Waals surface area contributed by atoms with Gasteiger partial charge in [0.2, 0.25) is 5.91 Å². The number of amides is 1. The molecule has 1 aromatic heterocycles. The number of piperidine rings is 1. The van der Waals surface area contributed by atoms with E-state index in [0.29, 0.717) is 37.3 Å². The highest BCUT2D eigenvalue weighted by Crippen LogP contribution is 2.18. The Balaban J connectivity index is 2.15. The van der Waals surface area contributed by atoms with Gasteiger partial charge in [0.1, 0.15) is 18.2 Å². The number of aromatic nitrogens is 2. The molecule has 1 aliphatic rings. The van der Waals surface area contributed by atoms with Crippen LogP contribution in [0.5, 0.6) is 0 Å². The van der Waals surface area contributed by atoms with Crippen LogP contribution in [0.3, 0.4) is 0 Å². The summed E-state index contributed by atoms with van der Waals surface area (Å²) in [6, 6.07) is 1.87. The summed E-state index contributed by atoms with van der Waals surface area (Å²) in [5.74, 6) is -0.930. The minimum Gasteiger partial charge on any atom is -0.466 e. The van der Waals surface area contributed by atoms with E-state index in [-0.39, 0.29) is 36.4 Å². The lowest BCUT2D eigenvalue weighted by Gasteiger charge is -2.31. The van der Waals surface area contributed by atoms with E-state index < -0.39 is 5.56 Å². The molecule has 0 unspecified atom stereocenters. The molecule has 134 valence electrons. The predicted octanol–water partition coefficient (Wildman–Crippen LogP) is 0.534. The van der Waals surface area contributed by atoms with E-state index in [0.717, 1.165) is 4.68 Å². The van der Waals surface area contributed by atoms with E-state index in [1.54, 1.807) is 25.7 Å². The van der Waals surface area contributed by atoms with Gasteiger partial charge in [-0.3, -0.25) is 14.4 Å². The number of likely N-dealkylation sites (tertiary alicyclic amines) is 1. The third kappa shape index (κ3) is 4.05. The van der Waals surface area contributed by atoms with Crippen LogP contribution < -0.4 is 5.56 Å². The van der Waals surface area contributed by atoms with Crippen molar-refractivity contribution in [1.82, 2.24) is 14.7 Å². The molecule has 1 aliphatic heterocycles. The first-order valence-corrected chi connectivity index (χ1v) is 8.31. The van der Waals surface area contributed by atoms with E-state index in [1.807, 2.05) is 6.07 Å². The molecule has 8 nitrogen and oxygen atoms in total. The molecule has 1 atom stereocenters. The van der Waals surface area contributed by atoms with Crippen LogP contribution in [0.1, 0.15) is 36.6 Å². The first kappa shape index (κ1) is 18.6. The molecule has 0 N–H and O–H groups in total. The average molecular weight is 346 g/mol. The van der Waals surface area contributed by atoms with Gasteiger partial charge >= 0.3 is 5.97 Å². The summed E-state index contributed by atoms with van der Waals surface area (Å²) < 4.78 is 6.05. The molecule has 0 radical (unpaired) electrons. The molecule has 0 saturated carbocycles. The fourth-order valence-electron chi connectivity index (χ4n) is 2.89. The van der Waals surface area contributed by atoms with Gasteiger partial charge in [0, 0.05) is 13.1 Å². The molecule has 1 aromatic rings. The SMILES string of the molecule is CCOC(=O)[C@@H]1CCCN(C(=O)Cn2nc(C)c(C)c(C#N)c2=O)C1. The number of esters is 1. The molecule has 25 heavy (non-hydrogen) atoms. The number of nitriles is 1. The van der Waals surface area contributed by atoms with Gasteiger partial charge in [-0.05, 0) is 39.2 Å². The van der Waals surface area contributed by atoms with Gasteiger partial charge in [-0.1, -0.05) is 0 Å². The normalized spacial score (nSPS) is 17.0. The summed E-state index contributed by atoms with van der Waals surface area (Å²) in [5, 5.41) is 13.3. The topological polar surface area (TPSA) is 105 Å². The molecular formula is C17H22N4O4. The largest absolute Gasteiger partial charge is 0.466 e. The highest BCUT2D eigenvalue weighted by Gasteiger charge is 2.29. The Bertz CT molecular complexity index is 778. The standard InChI is InChI=1S/C17H22N4O4/c1-4-25-17(24)13-6-5-7-20(9-13)15(22)10-21-16(23)14(8-18)11(2)12(3)19-21/h13H,4-7,9-10H2,1-3H3/t13-/m1/s1. The molecule has 1 amide bonds. The molecule has 0 aliphatic carbocycles. The molecule has 1 saturated heterocycles. The van der Waals surface area contributed by atoms with Crippen molar-refractivity contribution in [2.75, 3.05) is 19.7 Å². The fraction of sp³-hybridized carbons (Fsp3) is 0.588. The second kappa shape index (κ2) is 7.92. The van der Waals surface area contributed by atoms with Crippen LogP contribution in [0.2, 0.25) is 0 Å². The van der Waals surface area contributed by atoms with Gasteiger partial charge in [-0.15, -0.1) is 0 Å². The van der Waals surface area contributed by atoms with Crippen molar-refractivity contribution in [1.29, 1.82) is 5.26 Å². The molecule has 1 fully saturated rings. The monoisotopic (exact) mass is 346 g/mol. The van der Waals surface area contributed by atoms with Gasteiger partial charge in [0.15, 0.2) is 0 Å². The molecule has 0 bridgehead atoms. The van der Waals surface area contributed by atoms with Gasteiger partial charge in [0.05, 0.1) is 18.2 Å². The summed E-state index contributed by atoms with van der Waals surface area (Å²) >= 11 is 0. The average Bonchev–Trinajstić information content (AvgIpc) is 2.60. The maximum absolute atomic E-state index is 12.5. The zero-order valence-corrected chi connectivity index (χ0v) is 14.7. The van der Waals surface area contributed by atoms with E-state index in [4.69, 9.17) is 10.00 Å². The first-order valence-electron chi connectivity index (χ1n) is 8.31. The Morgan fingerprint density at radius 3 is 2.76 bits per heavy atom. The highest BCUT2D eigenvalue weighted by molar-refractivity contribution is 5.78. The van der Waals surface area contributed by atoms with Crippen molar-refractivity contribution in [3.8, 4) is 6.07 Å². The highest BCUT2D eigenvalue weighted by atomic mass is 16.5. The smallest absolute Gasteiger partial charge is 0.310 e. The van der Waals surface area contributed by atoms with Crippen molar-refractivity contribution < 1.29 is 14.3 Å². The second-order valence-corrected chi connectivity index (χ2v) is 6.09. The van der Waals surface area contributed by atoms with Crippen LogP contribution in [-0.4, -0.2) is 46.3 Å². The summed E-state index contributed by atoms with van der Waals surface area (Å²) in [6.07, 6.45) is 1.39. The van der Waals surface area contributed by atoms with Crippen LogP contribution in [-0.2, 0) is 20.9 Å². The lowest BCUT2D eigenvalue weighted by Crippen LogP contribution is -2.45. The van der Waals surface area contributed by atoms with Crippen LogP contribution in [0, 0.1) is 31.1 Å². The Morgan fingerprint density at radius 2 is 2.12 bits per heavy atom. The third-order valence-corrected chi connectivity index (χ3v) is 4.43. The number of nitrogens with zero attached hydrogens (tertiary/aromatic N) is 4. The molecular weight excluding hydrogens is 324 g/mol. The van der Waals surface area contributed by atoms with E-state index in [9.17, 15) is 14.4 Å². The van der Waals surface area contributed by atoms with E-state index in [1.165, 1.54) is 0 Å². The van der Waals surface area contributed by atoms with E-state index in [2.05, 4.69) is 5.10 Å². The first-order chi connectivity index (χ1) is 11.9. The van der Waals surface area contributed by atoms with Crippen molar-refractivity contribution in [2.45, 2.75) is 40.2 Å². The number of hydrogen-bond acceptors (Lipinski definition) is 6. The quantitative estimate of drug-likeness (QED) is 0.737. The van der Waals surface area contributed by atoms with Crippen molar-refractivity contribution >= 4 is 11.9 Å². The van der Waals surface area contributed by atoms with Crippen molar-refractivity contribution in [2.24, 2.45) is 5.92 Å². The molecule has 0 spiro atoms. The minimum atomic E-state index is -0.571. The van der Waals surface area contributed by atoms with Crippen LogP contribution in [0.4, 0.5) is 0 Å². The Kier molecular flexibility index (Phi) is 5.91. The van der Waals surface area contributed by atoms with Crippen LogP contribution in [0.25, 0.3) is 0 Å². The van der Waals surface area contributed by atoms with Crippen molar-refractivity contribution in [3.63, 3.8) is 0 Å². The summed E-state index contributed by atoms with van der Waals surface area (Å²) in [6.45, 7) is 5.96. The number of rotatable bonds is 4. The van der Waals surface area contributed by atoms with Crippen LogP contribution >= 0.6 is 0 Å². The fourth-order valence-corrected chi connectivity index (χ4v) is 2.89. The van der Waals surface area contributed by atoms with Crippen LogP contribution in [0.15, 0.2) is 4.79 Å². The van der Waals surface area contributed by atoms with Gasteiger partial charge in [-0.2, -0.15) is 10.4 Å². The molecule has 8 heteroatoms. The minimum absolute atomic E-state index is 0.00310. The molecule has 2 heterocycles. The second-order valence-electron chi connectivity index (χ2n) is 6.09. The number of ether oxygens (including phenoxy) is 1. The zero-order valence-electron chi connectivity index (χ0n) is 14.7. The Labute approximate surface area is 146 Å². The van der Waals surface area contributed by atoms with Crippen molar-refractivity contribution in [3.05, 3.63) is 27.2 Å².